The molecule has 1 N–H and O–H groups in total. The fraction of sp³-hybridized carbons (Fsp3) is 0.120. The molecule has 1 aromatic heterocycles. The van der Waals surface area contributed by atoms with Gasteiger partial charge in [-0.15, -0.1) is 11.3 Å². The zero-order valence-electron chi connectivity index (χ0n) is 17.5. The van der Waals surface area contributed by atoms with E-state index in [4.69, 9.17) is 14.5 Å². The molecular formula is C25H22N2O3S. The second-order valence-electron chi connectivity index (χ2n) is 6.92. The summed E-state index contributed by atoms with van der Waals surface area (Å²) in [6.07, 6.45) is 0. The van der Waals surface area contributed by atoms with Gasteiger partial charge in [0.2, 0.25) is 0 Å². The van der Waals surface area contributed by atoms with Crippen LogP contribution in [0.4, 0.5) is 5.69 Å². The van der Waals surface area contributed by atoms with Gasteiger partial charge in [0.15, 0.2) is 0 Å². The molecule has 0 aliphatic carbocycles. The zero-order chi connectivity index (χ0) is 21.8. The standard InChI is InChI=1S/C25H22N2O3S/c1-16-7-4-5-8-19(16)25-27-20(15-31-25)17-11-13-18(14-12-17)26-24(28)23-21(29-2)9-6-10-22(23)30-3/h4-15H,1-3H3,(H,26,28). The highest BCUT2D eigenvalue weighted by atomic mass is 32.1. The van der Waals surface area contributed by atoms with Crippen LogP contribution in [0.25, 0.3) is 21.8 Å². The molecule has 0 aliphatic heterocycles. The van der Waals surface area contributed by atoms with Crippen molar-refractivity contribution in [1.29, 1.82) is 0 Å². The van der Waals surface area contributed by atoms with Gasteiger partial charge in [-0.1, -0.05) is 42.5 Å². The first-order chi connectivity index (χ1) is 15.1. The number of carbonyl (C=O) groups is 1. The van der Waals surface area contributed by atoms with Gasteiger partial charge in [0.1, 0.15) is 22.1 Å². The van der Waals surface area contributed by atoms with Gasteiger partial charge >= 0.3 is 0 Å². The van der Waals surface area contributed by atoms with Crippen LogP contribution in [0.2, 0.25) is 0 Å². The lowest BCUT2D eigenvalue weighted by atomic mass is 10.1. The third-order valence-corrected chi connectivity index (χ3v) is 5.85. The molecule has 0 atom stereocenters. The number of nitrogens with zero attached hydrogens (tertiary/aromatic N) is 1. The molecule has 0 saturated heterocycles. The maximum absolute atomic E-state index is 12.8. The number of anilines is 1. The van der Waals surface area contributed by atoms with Crippen molar-refractivity contribution in [2.24, 2.45) is 0 Å². The van der Waals surface area contributed by atoms with Crippen LogP contribution < -0.4 is 14.8 Å². The van der Waals surface area contributed by atoms with Crippen LogP contribution in [-0.4, -0.2) is 25.1 Å². The van der Waals surface area contributed by atoms with Crippen molar-refractivity contribution in [2.75, 3.05) is 19.5 Å². The summed E-state index contributed by atoms with van der Waals surface area (Å²) in [4.78, 5) is 17.6. The molecular weight excluding hydrogens is 408 g/mol. The van der Waals surface area contributed by atoms with Gasteiger partial charge in [0.25, 0.3) is 5.91 Å². The van der Waals surface area contributed by atoms with Gasteiger partial charge in [-0.05, 0) is 36.8 Å². The first-order valence-corrected chi connectivity index (χ1v) is 10.6. The third-order valence-electron chi connectivity index (χ3n) is 4.97. The van der Waals surface area contributed by atoms with E-state index >= 15 is 0 Å². The first kappa shape index (κ1) is 20.6. The van der Waals surface area contributed by atoms with Crippen LogP contribution in [0.5, 0.6) is 11.5 Å². The molecule has 3 aromatic carbocycles. The molecule has 0 bridgehead atoms. The predicted octanol–water partition coefficient (Wildman–Crippen LogP) is 6.06. The summed E-state index contributed by atoms with van der Waals surface area (Å²) >= 11 is 1.62. The van der Waals surface area contributed by atoms with E-state index in [2.05, 4.69) is 29.8 Å². The van der Waals surface area contributed by atoms with Crippen molar-refractivity contribution in [3.05, 3.63) is 83.2 Å². The normalized spacial score (nSPS) is 10.5. The van der Waals surface area contributed by atoms with Crippen LogP contribution >= 0.6 is 11.3 Å². The Kier molecular flexibility index (Phi) is 6.00. The highest BCUT2D eigenvalue weighted by Gasteiger charge is 2.18. The average Bonchev–Trinajstić information content (AvgIpc) is 3.29. The maximum atomic E-state index is 12.8. The number of amides is 1. The molecule has 0 aliphatic rings. The number of benzene rings is 3. The molecule has 1 heterocycles. The molecule has 31 heavy (non-hydrogen) atoms. The number of aryl methyl sites for hydroxylation is 1. The second-order valence-corrected chi connectivity index (χ2v) is 7.78. The molecule has 5 nitrogen and oxygen atoms in total. The zero-order valence-corrected chi connectivity index (χ0v) is 18.3. The predicted molar refractivity (Wildman–Crippen MR) is 125 cm³/mol. The highest BCUT2D eigenvalue weighted by molar-refractivity contribution is 7.13. The number of ether oxygens (including phenoxy) is 2. The minimum Gasteiger partial charge on any atom is -0.496 e. The average molecular weight is 431 g/mol. The molecule has 1 amide bonds. The van der Waals surface area contributed by atoms with E-state index in [1.165, 1.54) is 19.8 Å². The minimum absolute atomic E-state index is 0.294. The fourth-order valence-electron chi connectivity index (χ4n) is 3.34. The number of rotatable bonds is 6. The minimum atomic E-state index is -0.294. The number of methoxy groups -OCH3 is 2. The number of aromatic nitrogens is 1. The van der Waals surface area contributed by atoms with E-state index in [9.17, 15) is 4.79 Å². The SMILES string of the molecule is COc1cccc(OC)c1C(=O)Nc1ccc(-c2csc(-c3ccccc3C)n2)cc1. The van der Waals surface area contributed by atoms with Crippen molar-refractivity contribution in [3.8, 4) is 33.3 Å². The maximum Gasteiger partial charge on any atom is 0.263 e. The highest BCUT2D eigenvalue weighted by Crippen LogP contribution is 2.32. The van der Waals surface area contributed by atoms with Crippen LogP contribution in [-0.2, 0) is 0 Å². The van der Waals surface area contributed by atoms with Gasteiger partial charge in [-0.2, -0.15) is 0 Å². The van der Waals surface area contributed by atoms with E-state index in [1.807, 2.05) is 36.4 Å². The molecule has 0 radical (unpaired) electrons. The Morgan fingerprint density at radius 1 is 0.903 bits per heavy atom. The summed E-state index contributed by atoms with van der Waals surface area (Å²) in [5.74, 6) is 0.622. The van der Waals surface area contributed by atoms with E-state index in [-0.39, 0.29) is 5.91 Å². The summed E-state index contributed by atoms with van der Waals surface area (Å²) in [6, 6.07) is 21.1. The molecule has 6 heteroatoms. The second kappa shape index (κ2) is 9.02. The van der Waals surface area contributed by atoms with Crippen molar-refractivity contribution in [1.82, 2.24) is 4.98 Å². The molecule has 0 unspecified atom stereocenters. The molecule has 0 saturated carbocycles. The van der Waals surface area contributed by atoms with Crippen molar-refractivity contribution >= 4 is 22.9 Å². The number of carbonyl (C=O) groups excluding carboxylic acids is 1. The summed E-state index contributed by atoms with van der Waals surface area (Å²) in [7, 11) is 3.05. The van der Waals surface area contributed by atoms with E-state index in [0.717, 1.165) is 21.8 Å². The Balaban J connectivity index is 1.54. The van der Waals surface area contributed by atoms with Gasteiger partial charge in [-0.25, -0.2) is 4.98 Å². The number of nitrogens with one attached hydrogen (secondary N) is 1. The Hall–Kier alpha value is -3.64. The summed E-state index contributed by atoms with van der Waals surface area (Å²) < 4.78 is 10.6. The van der Waals surface area contributed by atoms with Gasteiger partial charge < -0.3 is 14.8 Å². The Morgan fingerprint density at radius 3 is 2.23 bits per heavy atom. The molecule has 156 valence electrons. The Bertz CT molecular complexity index is 1190. The lowest BCUT2D eigenvalue weighted by molar-refractivity contribution is 0.102. The molecule has 4 aromatic rings. The van der Waals surface area contributed by atoms with Gasteiger partial charge in [0.05, 0.1) is 19.9 Å². The number of thiazole rings is 1. The van der Waals surface area contributed by atoms with Crippen molar-refractivity contribution < 1.29 is 14.3 Å². The Labute approximate surface area is 185 Å². The monoisotopic (exact) mass is 430 g/mol. The smallest absolute Gasteiger partial charge is 0.263 e. The van der Waals surface area contributed by atoms with Crippen LogP contribution in [0.1, 0.15) is 15.9 Å². The van der Waals surface area contributed by atoms with Gasteiger partial charge in [-0.3, -0.25) is 4.79 Å². The molecule has 0 spiro atoms. The van der Waals surface area contributed by atoms with Crippen LogP contribution in [0.15, 0.2) is 72.1 Å². The van der Waals surface area contributed by atoms with Crippen LogP contribution in [0, 0.1) is 6.92 Å². The number of hydrogen-bond donors (Lipinski definition) is 1. The Morgan fingerprint density at radius 2 is 1.58 bits per heavy atom. The summed E-state index contributed by atoms with van der Waals surface area (Å²) in [5.41, 5.74) is 5.29. The topological polar surface area (TPSA) is 60.5 Å². The van der Waals surface area contributed by atoms with Crippen LogP contribution in [0.3, 0.4) is 0 Å². The van der Waals surface area contributed by atoms with Crippen molar-refractivity contribution in [2.45, 2.75) is 6.92 Å². The molecule has 4 rings (SSSR count). The fourth-order valence-corrected chi connectivity index (χ4v) is 4.25. The summed E-state index contributed by atoms with van der Waals surface area (Å²) in [6.45, 7) is 2.09. The lowest BCUT2D eigenvalue weighted by Gasteiger charge is -2.13. The quantitative estimate of drug-likeness (QED) is 0.404. The largest absolute Gasteiger partial charge is 0.496 e. The van der Waals surface area contributed by atoms with E-state index in [0.29, 0.717) is 22.7 Å². The summed E-state index contributed by atoms with van der Waals surface area (Å²) in [5, 5.41) is 5.95. The van der Waals surface area contributed by atoms with E-state index in [1.54, 1.807) is 29.5 Å². The van der Waals surface area contributed by atoms with Gasteiger partial charge in [0, 0.05) is 22.2 Å². The number of hydrogen-bond acceptors (Lipinski definition) is 5. The molecule has 0 fully saturated rings. The third kappa shape index (κ3) is 4.29. The first-order valence-electron chi connectivity index (χ1n) is 9.75. The van der Waals surface area contributed by atoms with E-state index < -0.39 is 0 Å². The van der Waals surface area contributed by atoms with Crippen molar-refractivity contribution in [3.63, 3.8) is 0 Å². The lowest BCUT2D eigenvalue weighted by Crippen LogP contribution is -2.14.